The molecular formula is C15H19N. The summed E-state index contributed by atoms with van der Waals surface area (Å²) >= 11 is 0. The molecule has 1 heteroatoms. The maximum Gasteiger partial charge on any atom is 0.0940 e. The molecule has 1 unspecified atom stereocenters. The second kappa shape index (κ2) is 6.12. The largest absolute Gasteiger partial charge is 0.193 e. The minimum Gasteiger partial charge on any atom is -0.193 e. The molecule has 16 heavy (non-hydrogen) atoms. The van der Waals surface area contributed by atoms with Crippen molar-refractivity contribution >= 4 is 0 Å². The monoisotopic (exact) mass is 213 g/mol. The third-order valence-corrected chi connectivity index (χ3v) is 2.87. The van der Waals surface area contributed by atoms with E-state index in [-0.39, 0.29) is 0 Å². The Morgan fingerprint density at radius 2 is 2.00 bits per heavy atom. The first kappa shape index (κ1) is 12.5. The van der Waals surface area contributed by atoms with Gasteiger partial charge >= 0.3 is 0 Å². The number of hydrogen-bond donors (Lipinski definition) is 0. The summed E-state index contributed by atoms with van der Waals surface area (Å²) in [4.78, 5) is 0. The molecule has 0 aromatic heterocycles. The summed E-state index contributed by atoms with van der Waals surface area (Å²) in [6, 6.07) is 10.8. The fourth-order valence-electron chi connectivity index (χ4n) is 1.66. The molecule has 0 bridgehead atoms. The maximum absolute atomic E-state index is 8.63. The summed E-state index contributed by atoms with van der Waals surface area (Å²) < 4.78 is 0. The number of hydrogen-bond acceptors (Lipinski definition) is 1. The topological polar surface area (TPSA) is 23.8 Å². The van der Waals surface area contributed by atoms with Gasteiger partial charge in [-0.15, -0.1) is 0 Å². The molecule has 1 aromatic rings. The van der Waals surface area contributed by atoms with Crippen molar-refractivity contribution < 1.29 is 0 Å². The van der Waals surface area contributed by atoms with E-state index in [4.69, 9.17) is 5.26 Å². The van der Waals surface area contributed by atoms with Crippen molar-refractivity contribution in [3.63, 3.8) is 0 Å². The van der Waals surface area contributed by atoms with Crippen molar-refractivity contribution in [2.75, 3.05) is 0 Å². The fourth-order valence-corrected chi connectivity index (χ4v) is 1.66. The highest BCUT2D eigenvalue weighted by atomic mass is 14.2. The summed E-state index contributed by atoms with van der Waals surface area (Å²) in [7, 11) is 0. The van der Waals surface area contributed by atoms with Gasteiger partial charge in [-0.1, -0.05) is 42.8 Å². The van der Waals surface area contributed by atoms with Crippen LogP contribution in [0, 0.1) is 18.3 Å². The van der Waals surface area contributed by atoms with Crippen LogP contribution < -0.4 is 0 Å². The molecule has 0 spiro atoms. The van der Waals surface area contributed by atoms with E-state index < -0.39 is 0 Å². The Bertz CT molecular complexity index is 392. The number of nitrogens with zero attached hydrogens (tertiary/aromatic N) is 1. The minimum atomic E-state index is 0.559. The van der Waals surface area contributed by atoms with Gasteiger partial charge in [0.15, 0.2) is 0 Å². The van der Waals surface area contributed by atoms with Gasteiger partial charge in [0.1, 0.15) is 0 Å². The lowest BCUT2D eigenvalue weighted by molar-refractivity contribution is 0.689. The molecule has 0 heterocycles. The lowest BCUT2D eigenvalue weighted by atomic mass is 9.95. The molecule has 1 atom stereocenters. The van der Waals surface area contributed by atoms with Crippen LogP contribution in [0.1, 0.15) is 43.7 Å². The Balaban J connectivity index is 2.50. The van der Waals surface area contributed by atoms with Crippen LogP contribution in [0.4, 0.5) is 0 Å². The van der Waals surface area contributed by atoms with Gasteiger partial charge in [0, 0.05) is 5.57 Å². The Morgan fingerprint density at radius 1 is 1.38 bits per heavy atom. The van der Waals surface area contributed by atoms with Crippen molar-refractivity contribution in [3.8, 4) is 6.07 Å². The summed E-state index contributed by atoms with van der Waals surface area (Å²) in [5.74, 6) is 0.559. The molecule has 0 radical (unpaired) electrons. The van der Waals surface area contributed by atoms with Crippen molar-refractivity contribution in [1.82, 2.24) is 0 Å². The molecule has 84 valence electrons. The van der Waals surface area contributed by atoms with Gasteiger partial charge < -0.3 is 0 Å². The van der Waals surface area contributed by atoms with Crippen LogP contribution in [0.25, 0.3) is 0 Å². The molecule has 0 aliphatic rings. The van der Waals surface area contributed by atoms with Crippen LogP contribution in [-0.2, 0) is 0 Å². The van der Waals surface area contributed by atoms with E-state index in [1.54, 1.807) is 0 Å². The normalized spacial score (nSPS) is 13.2. The second-order valence-corrected chi connectivity index (χ2v) is 4.39. The highest BCUT2D eigenvalue weighted by Gasteiger charge is 2.03. The van der Waals surface area contributed by atoms with Crippen LogP contribution in [0.5, 0.6) is 0 Å². The van der Waals surface area contributed by atoms with Crippen molar-refractivity contribution in [2.24, 2.45) is 0 Å². The van der Waals surface area contributed by atoms with E-state index in [1.807, 2.05) is 13.0 Å². The first-order chi connectivity index (χ1) is 7.63. The molecule has 0 saturated heterocycles. The summed E-state index contributed by atoms with van der Waals surface area (Å²) in [6.07, 6.45) is 4.10. The van der Waals surface area contributed by atoms with E-state index in [2.05, 4.69) is 44.2 Å². The number of rotatable bonds is 4. The zero-order valence-corrected chi connectivity index (χ0v) is 10.3. The lowest BCUT2D eigenvalue weighted by Gasteiger charge is -2.10. The van der Waals surface area contributed by atoms with Crippen LogP contribution in [0.2, 0.25) is 0 Å². The van der Waals surface area contributed by atoms with Gasteiger partial charge in [-0.2, -0.15) is 5.26 Å². The SMILES string of the molecule is C/C(C#N)=C\CCC(C)c1ccc(C)cc1. The smallest absolute Gasteiger partial charge is 0.0940 e. The molecule has 0 fully saturated rings. The van der Waals surface area contributed by atoms with Gasteiger partial charge in [0.2, 0.25) is 0 Å². The molecule has 0 aliphatic carbocycles. The van der Waals surface area contributed by atoms with E-state index in [1.165, 1.54) is 11.1 Å². The van der Waals surface area contributed by atoms with Gasteiger partial charge in [0.25, 0.3) is 0 Å². The van der Waals surface area contributed by atoms with Gasteiger partial charge in [-0.05, 0) is 38.2 Å². The van der Waals surface area contributed by atoms with Gasteiger partial charge in [0.05, 0.1) is 6.07 Å². The van der Waals surface area contributed by atoms with Crippen LogP contribution in [0.15, 0.2) is 35.9 Å². The molecule has 0 aliphatic heterocycles. The van der Waals surface area contributed by atoms with Crippen LogP contribution in [-0.4, -0.2) is 0 Å². The van der Waals surface area contributed by atoms with Crippen molar-refractivity contribution in [1.29, 1.82) is 5.26 Å². The first-order valence-electron chi connectivity index (χ1n) is 5.77. The molecule has 0 N–H and O–H groups in total. The Labute approximate surface area is 98.4 Å². The molecule has 1 nitrogen and oxygen atoms in total. The Kier molecular flexibility index (Phi) is 4.79. The maximum atomic E-state index is 8.63. The average molecular weight is 213 g/mol. The fraction of sp³-hybridized carbons (Fsp3) is 0.400. The predicted octanol–water partition coefficient (Wildman–Crippen LogP) is 4.35. The van der Waals surface area contributed by atoms with E-state index >= 15 is 0 Å². The lowest BCUT2D eigenvalue weighted by Crippen LogP contribution is -1.92. The minimum absolute atomic E-state index is 0.559. The molecule has 1 aromatic carbocycles. The number of benzene rings is 1. The van der Waals surface area contributed by atoms with Gasteiger partial charge in [-0.3, -0.25) is 0 Å². The highest BCUT2D eigenvalue weighted by Crippen LogP contribution is 2.21. The average Bonchev–Trinajstić information content (AvgIpc) is 2.29. The first-order valence-corrected chi connectivity index (χ1v) is 5.77. The van der Waals surface area contributed by atoms with Crippen LogP contribution >= 0.6 is 0 Å². The summed E-state index contributed by atoms with van der Waals surface area (Å²) in [6.45, 7) is 6.20. The zero-order valence-electron chi connectivity index (χ0n) is 10.3. The third-order valence-electron chi connectivity index (χ3n) is 2.87. The van der Waals surface area contributed by atoms with Crippen molar-refractivity contribution in [3.05, 3.63) is 47.0 Å². The standard InChI is InChI=1S/C15H19N/c1-12-7-9-15(10-8-12)14(3)6-4-5-13(2)11-16/h5,7-10,14H,4,6H2,1-3H3/b13-5+. The molecular weight excluding hydrogens is 194 g/mol. The summed E-state index contributed by atoms with van der Waals surface area (Å²) in [5, 5.41) is 8.63. The van der Waals surface area contributed by atoms with Gasteiger partial charge in [-0.25, -0.2) is 0 Å². The number of allylic oxidation sites excluding steroid dienone is 2. The predicted molar refractivity (Wildman–Crippen MR) is 68.2 cm³/mol. The number of aryl methyl sites for hydroxylation is 1. The zero-order chi connectivity index (χ0) is 12.0. The van der Waals surface area contributed by atoms with E-state index in [0.717, 1.165) is 18.4 Å². The van der Waals surface area contributed by atoms with Crippen LogP contribution in [0.3, 0.4) is 0 Å². The highest BCUT2D eigenvalue weighted by molar-refractivity contribution is 5.24. The second-order valence-electron chi connectivity index (χ2n) is 4.39. The third kappa shape index (κ3) is 3.90. The molecule has 1 rings (SSSR count). The molecule has 0 amide bonds. The van der Waals surface area contributed by atoms with E-state index in [0.29, 0.717) is 5.92 Å². The quantitative estimate of drug-likeness (QED) is 0.682. The van der Waals surface area contributed by atoms with E-state index in [9.17, 15) is 0 Å². The Morgan fingerprint density at radius 3 is 2.56 bits per heavy atom. The summed E-state index contributed by atoms with van der Waals surface area (Å²) in [5.41, 5.74) is 3.50. The molecule has 0 saturated carbocycles. The van der Waals surface area contributed by atoms with Crippen molar-refractivity contribution in [2.45, 2.75) is 39.5 Å². The number of nitriles is 1. The Hall–Kier alpha value is -1.55.